The Labute approximate surface area is 160 Å². The number of aliphatic hydroxyl groups is 3. The van der Waals surface area contributed by atoms with E-state index in [0.717, 1.165) is 0 Å². The number of rotatable bonds is 8. The largest absolute Gasteiger partial charge is 0.394 e. The van der Waals surface area contributed by atoms with Gasteiger partial charge in [0.25, 0.3) is 5.56 Å². The van der Waals surface area contributed by atoms with E-state index in [4.69, 9.17) is 19.9 Å². The lowest BCUT2D eigenvalue weighted by molar-refractivity contribution is -0.143. The minimum absolute atomic E-state index is 0.0127. The topological polar surface area (TPSA) is 167 Å². The molecule has 12 heteroatoms. The first-order valence-corrected chi connectivity index (χ1v) is 9.01. The molecule has 2 aromatic rings. The van der Waals surface area contributed by atoms with Crippen LogP contribution in [0.15, 0.2) is 11.1 Å². The highest BCUT2D eigenvalue weighted by Gasteiger charge is 2.44. The molecule has 2 aromatic heterocycles. The van der Waals surface area contributed by atoms with Crippen LogP contribution in [0, 0.1) is 0 Å². The third-order valence-electron chi connectivity index (χ3n) is 4.54. The second kappa shape index (κ2) is 8.51. The zero-order chi connectivity index (χ0) is 20.4. The van der Waals surface area contributed by atoms with Gasteiger partial charge in [0.1, 0.15) is 18.3 Å². The van der Waals surface area contributed by atoms with E-state index >= 15 is 0 Å². The summed E-state index contributed by atoms with van der Waals surface area (Å²) in [5.74, 6) is -0.0876. The van der Waals surface area contributed by atoms with Gasteiger partial charge in [-0.3, -0.25) is 13.9 Å². The quantitative estimate of drug-likeness (QED) is 0.371. The number of nitrogens with zero attached hydrogens (tertiary/aromatic N) is 4. The molecule has 0 bridgehead atoms. The Kier molecular flexibility index (Phi) is 6.27. The van der Waals surface area contributed by atoms with Crippen molar-refractivity contribution < 1.29 is 29.5 Å². The zero-order valence-electron chi connectivity index (χ0n) is 15.6. The third-order valence-corrected chi connectivity index (χ3v) is 4.54. The van der Waals surface area contributed by atoms with Gasteiger partial charge in [0.05, 0.1) is 19.5 Å². The molecule has 4 atom stereocenters. The molecular formula is C16H25N5O7. The molecule has 1 saturated heterocycles. The monoisotopic (exact) mass is 399 g/mol. The number of hydrogen-bond acceptors (Lipinski definition) is 10. The Morgan fingerprint density at radius 2 is 1.96 bits per heavy atom. The van der Waals surface area contributed by atoms with Crippen LogP contribution in [-0.2, 0) is 20.8 Å². The Bertz CT molecular complexity index is 863. The summed E-state index contributed by atoms with van der Waals surface area (Å²) in [6.45, 7) is 3.98. The van der Waals surface area contributed by atoms with Crippen LogP contribution in [0.4, 0.5) is 5.95 Å². The molecule has 0 radical (unpaired) electrons. The molecule has 0 aromatic carbocycles. The number of aliphatic hydroxyl groups excluding tert-OH is 3. The SMILES string of the molecule is CCOC(Cn1c(N)nc2c(ncn2C2O[C@H](CO)[C@@H](O)[C@H]2O)c1=O)OCC. The maximum atomic E-state index is 12.9. The third kappa shape index (κ3) is 3.62. The first kappa shape index (κ1) is 20.6. The van der Waals surface area contributed by atoms with E-state index in [1.807, 2.05) is 13.8 Å². The predicted molar refractivity (Wildman–Crippen MR) is 96.2 cm³/mol. The summed E-state index contributed by atoms with van der Waals surface area (Å²) in [7, 11) is 0. The van der Waals surface area contributed by atoms with E-state index in [-0.39, 0.29) is 23.7 Å². The van der Waals surface area contributed by atoms with Gasteiger partial charge in [-0.2, -0.15) is 4.98 Å². The molecule has 0 aliphatic carbocycles. The predicted octanol–water partition coefficient (Wildman–Crippen LogP) is -1.81. The van der Waals surface area contributed by atoms with Gasteiger partial charge in [-0.15, -0.1) is 0 Å². The van der Waals surface area contributed by atoms with Gasteiger partial charge in [-0.1, -0.05) is 0 Å². The number of ether oxygens (including phenoxy) is 3. The Morgan fingerprint density at radius 3 is 2.54 bits per heavy atom. The lowest BCUT2D eigenvalue weighted by atomic mass is 10.1. The second-order valence-electron chi connectivity index (χ2n) is 6.28. The summed E-state index contributed by atoms with van der Waals surface area (Å²) in [4.78, 5) is 21.1. The van der Waals surface area contributed by atoms with E-state index in [1.54, 1.807) is 0 Å². The average molecular weight is 399 g/mol. The lowest BCUT2D eigenvalue weighted by Crippen LogP contribution is -2.34. The molecule has 156 valence electrons. The van der Waals surface area contributed by atoms with Gasteiger partial charge in [0.15, 0.2) is 23.7 Å². The number of nitrogen functional groups attached to an aromatic ring is 1. The highest BCUT2D eigenvalue weighted by atomic mass is 16.7. The standard InChI is InChI=1S/C16H25N5O7/c1-3-26-9(27-4-2)5-20-14(25)10-13(19-16(20)17)21(7-18-10)15-12(24)11(23)8(6-22)28-15/h7-9,11-12,15,22-24H,3-6H2,1-2H3,(H2,17,19)/t8-,11-,12-,15?/m1/s1. The number of anilines is 1. The first-order valence-electron chi connectivity index (χ1n) is 9.01. The summed E-state index contributed by atoms with van der Waals surface area (Å²) in [5.41, 5.74) is 5.58. The Balaban J connectivity index is 1.97. The van der Waals surface area contributed by atoms with Crippen LogP contribution in [0.5, 0.6) is 0 Å². The second-order valence-corrected chi connectivity index (χ2v) is 6.28. The van der Waals surface area contributed by atoms with Crippen LogP contribution < -0.4 is 11.3 Å². The maximum absolute atomic E-state index is 12.9. The van der Waals surface area contributed by atoms with E-state index in [9.17, 15) is 20.1 Å². The van der Waals surface area contributed by atoms with Crippen molar-refractivity contribution in [2.24, 2.45) is 0 Å². The highest BCUT2D eigenvalue weighted by Crippen LogP contribution is 2.30. The van der Waals surface area contributed by atoms with Crippen molar-refractivity contribution in [2.45, 2.75) is 51.2 Å². The van der Waals surface area contributed by atoms with Crippen LogP contribution in [-0.4, -0.2) is 78.8 Å². The van der Waals surface area contributed by atoms with E-state index < -0.39 is 43.0 Å². The normalized spacial score (nSPS) is 25.2. The molecule has 1 fully saturated rings. The maximum Gasteiger partial charge on any atom is 0.283 e. The summed E-state index contributed by atoms with van der Waals surface area (Å²) in [6, 6.07) is 0. The molecule has 12 nitrogen and oxygen atoms in total. The van der Waals surface area contributed by atoms with Crippen molar-refractivity contribution in [2.75, 3.05) is 25.6 Å². The van der Waals surface area contributed by atoms with E-state index in [2.05, 4.69) is 9.97 Å². The van der Waals surface area contributed by atoms with Gasteiger partial charge >= 0.3 is 0 Å². The van der Waals surface area contributed by atoms with Crippen molar-refractivity contribution in [3.05, 3.63) is 16.7 Å². The molecule has 1 aliphatic heterocycles. The fourth-order valence-corrected chi connectivity index (χ4v) is 3.16. The smallest absolute Gasteiger partial charge is 0.283 e. The van der Waals surface area contributed by atoms with Crippen molar-refractivity contribution in [1.82, 2.24) is 19.1 Å². The molecule has 28 heavy (non-hydrogen) atoms. The van der Waals surface area contributed by atoms with Crippen LogP contribution in [0.25, 0.3) is 11.2 Å². The molecule has 5 N–H and O–H groups in total. The molecule has 1 aliphatic rings. The number of fused-ring (bicyclic) bond motifs is 1. The number of imidazole rings is 1. The minimum atomic E-state index is -1.33. The summed E-state index contributed by atoms with van der Waals surface area (Å²) in [6.07, 6.45) is -4.06. The lowest BCUT2D eigenvalue weighted by Gasteiger charge is -2.19. The van der Waals surface area contributed by atoms with Gasteiger partial charge in [0.2, 0.25) is 5.95 Å². The Hall–Kier alpha value is -2.09. The fourth-order valence-electron chi connectivity index (χ4n) is 3.16. The molecule has 0 saturated carbocycles. The Morgan fingerprint density at radius 1 is 1.29 bits per heavy atom. The summed E-state index contributed by atoms with van der Waals surface area (Å²) < 4.78 is 18.9. The van der Waals surface area contributed by atoms with E-state index in [0.29, 0.717) is 13.2 Å². The number of hydrogen-bond donors (Lipinski definition) is 4. The fraction of sp³-hybridized carbons (Fsp3) is 0.688. The van der Waals surface area contributed by atoms with Crippen LogP contribution >= 0.6 is 0 Å². The molecule has 1 unspecified atom stereocenters. The molecule has 0 spiro atoms. The van der Waals surface area contributed by atoms with Crippen molar-refractivity contribution in [1.29, 1.82) is 0 Å². The van der Waals surface area contributed by atoms with E-state index in [1.165, 1.54) is 15.5 Å². The van der Waals surface area contributed by atoms with Crippen molar-refractivity contribution in [3.63, 3.8) is 0 Å². The highest BCUT2D eigenvalue weighted by molar-refractivity contribution is 5.71. The molecular weight excluding hydrogens is 374 g/mol. The molecule has 0 amide bonds. The summed E-state index contributed by atoms with van der Waals surface area (Å²) >= 11 is 0. The van der Waals surface area contributed by atoms with Crippen molar-refractivity contribution >= 4 is 17.1 Å². The minimum Gasteiger partial charge on any atom is -0.394 e. The number of nitrogens with two attached hydrogens (primary N) is 1. The van der Waals surface area contributed by atoms with Crippen LogP contribution in [0.3, 0.4) is 0 Å². The van der Waals surface area contributed by atoms with Gasteiger partial charge in [-0.05, 0) is 13.8 Å². The number of aromatic nitrogens is 4. The van der Waals surface area contributed by atoms with Crippen molar-refractivity contribution in [3.8, 4) is 0 Å². The van der Waals surface area contributed by atoms with Crippen LogP contribution in [0.2, 0.25) is 0 Å². The zero-order valence-corrected chi connectivity index (χ0v) is 15.6. The molecule has 3 rings (SSSR count). The van der Waals surface area contributed by atoms with Gasteiger partial charge in [-0.25, -0.2) is 4.98 Å². The summed E-state index contributed by atoms with van der Waals surface area (Å²) in [5, 5.41) is 29.4. The van der Waals surface area contributed by atoms with Gasteiger partial charge < -0.3 is 35.3 Å². The van der Waals surface area contributed by atoms with Crippen LogP contribution in [0.1, 0.15) is 20.1 Å². The average Bonchev–Trinajstić information content (AvgIpc) is 3.20. The first-order chi connectivity index (χ1) is 13.4. The molecule has 3 heterocycles. The van der Waals surface area contributed by atoms with Gasteiger partial charge in [0, 0.05) is 13.2 Å².